The zero-order valence-electron chi connectivity index (χ0n) is 15.1. The molecule has 0 saturated heterocycles. The molecular weight excluding hydrogens is 347 g/mol. The molecule has 0 bridgehead atoms. The van der Waals surface area contributed by atoms with Crippen molar-refractivity contribution in [1.29, 1.82) is 0 Å². The van der Waals surface area contributed by atoms with Crippen LogP contribution in [0.3, 0.4) is 0 Å². The van der Waals surface area contributed by atoms with Crippen molar-refractivity contribution in [1.82, 2.24) is 5.32 Å². The second kappa shape index (κ2) is 7.67. The number of likely N-dealkylation sites (N-methyl/N-ethyl adjacent to an activating group) is 1. The molecule has 7 heteroatoms. The number of nitrogens with zero attached hydrogens (tertiary/aromatic N) is 2. The zero-order chi connectivity index (χ0) is 19.6. The smallest absolute Gasteiger partial charge is 0.238 e. The Bertz CT molecular complexity index is 897. The van der Waals surface area contributed by atoms with Gasteiger partial charge in [-0.05, 0) is 25.1 Å². The minimum atomic E-state index is -0.909. The van der Waals surface area contributed by atoms with Crippen molar-refractivity contribution in [3.8, 4) is 0 Å². The Hall–Kier alpha value is -3.06. The number of fused-ring (bicyclic) bond motifs is 1. The van der Waals surface area contributed by atoms with Gasteiger partial charge in [-0.15, -0.1) is 0 Å². The van der Waals surface area contributed by atoms with Crippen LogP contribution in [0.1, 0.15) is 18.1 Å². The van der Waals surface area contributed by atoms with Crippen LogP contribution in [0.4, 0.5) is 10.1 Å². The van der Waals surface area contributed by atoms with E-state index in [-0.39, 0.29) is 0 Å². The third-order valence-corrected chi connectivity index (χ3v) is 4.55. The van der Waals surface area contributed by atoms with Gasteiger partial charge in [0.15, 0.2) is 0 Å². The van der Waals surface area contributed by atoms with Gasteiger partial charge in [0.1, 0.15) is 24.3 Å². The molecule has 0 saturated carbocycles. The van der Waals surface area contributed by atoms with Gasteiger partial charge in [-0.25, -0.2) is 4.39 Å². The molecule has 27 heavy (non-hydrogen) atoms. The molecule has 0 radical (unpaired) electrons. The highest BCUT2D eigenvalue weighted by Gasteiger charge is 2.33. The van der Waals surface area contributed by atoms with Crippen LogP contribution in [0.25, 0.3) is 0 Å². The number of carbonyl (C=O) groups excluding carboxylic acids is 2. The van der Waals surface area contributed by atoms with Crippen LogP contribution in [0.5, 0.6) is 0 Å². The number of nitrogens with two attached hydrogens (primary N) is 1. The van der Waals surface area contributed by atoms with Crippen molar-refractivity contribution < 1.29 is 14.0 Å². The van der Waals surface area contributed by atoms with Gasteiger partial charge in [-0.1, -0.05) is 30.3 Å². The molecule has 3 N–H and O–H groups in total. The molecule has 0 spiro atoms. The number of hydrogen-bond acceptors (Lipinski definition) is 5. The van der Waals surface area contributed by atoms with Crippen molar-refractivity contribution in [3.63, 3.8) is 0 Å². The number of amides is 1. The molecule has 0 aromatic heterocycles. The van der Waals surface area contributed by atoms with E-state index in [0.29, 0.717) is 22.5 Å². The Morgan fingerprint density at radius 2 is 1.85 bits per heavy atom. The summed E-state index contributed by atoms with van der Waals surface area (Å²) in [4.78, 5) is 30.3. The first-order valence-electron chi connectivity index (χ1n) is 8.60. The van der Waals surface area contributed by atoms with E-state index in [1.54, 1.807) is 37.1 Å². The Morgan fingerprint density at radius 3 is 2.48 bits per heavy atom. The number of aliphatic imine (C=N–C) groups is 1. The average Bonchev–Trinajstić information content (AvgIpc) is 2.77. The summed E-state index contributed by atoms with van der Waals surface area (Å²) in [5.41, 5.74) is 7.70. The Labute approximate surface area is 156 Å². The van der Waals surface area contributed by atoms with Gasteiger partial charge in [-0.3, -0.25) is 9.79 Å². The molecule has 1 amide bonds. The number of anilines is 1. The van der Waals surface area contributed by atoms with Crippen LogP contribution in [0.2, 0.25) is 0 Å². The third-order valence-electron chi connectivity index (χ3n) is 4.55. The molecule has 3 atom stereocenters. The fourth-order valence-corrected chi connectivity index (χ4v) is 3.07. The van der Waals surface area contributed by atoms with E-state index < -0.39 is 30.0 Å². The first kappa shape index (κ1) is 18.7. The van der Waals surface area contributed by atoms with Crippen LogP contribution in [0, 0.1) is 5.82 Å². The number of rotatable bonds is 4. The summed E-state index contributed by atoms with van der Waals surface area (Å²) in [6, 6.07) is 12.0. The summed E-state index contributed by atoms with van der Waals surface area (Å²) >= 11 is 0. The van der Waals surface area contributed by atoms with Gasteiger partial charge in [0.05, 0.1) is 11.8 Å². The molecule has 2 unspecified atom stereocenters. The highest BCUT2D eigenvalue weighted by molar-refractivity contribution is 6.17. The minimum Gasteiger partial charge on any atom is -0.361 e. The Kier molecular flexibility index (Phi) is 5.32. The van der Waals surface area contributed by atoms with E-state index >= 15 is 0 Å². The second-order valence-corrected chi connectivity index (χ2v) is 6.45. The van der Waals surface area contributed by atoms with Gasteiger partial charge in [-0.2, -0.15) is 0 Å². The molecule has 1 aliphatic heterocycles. The lowest BCUT2D eigenvalue weighted by atomic mass is 10.00. The fraction of sp³-hybridized carbons (Fsp3) is 0.250. The number of carbonyl (C=O) groups is 2. The maximum Gasteiger partial charge on any atom is 0.238 e. The molecule has 2 aromatic carbocycles. The van der Waals surface area contributed by atoms with E-state index in [1.807, 2.05) is 24.3 Å². The lowest BCUT2D eigenvalue weighted by Gasteiger charge is -2.29. The molecule has 0 aliphatic carbocycles. The topological polar surface area (TPSA) is 87.8 Å². The SMILES string of the molecule is C[C@H](N)C(=O)NC1N=C(c2ccccc2F)c2ccccc2N(C)C1C=O. The number of hydrogen-bond donors (Lipinski definition) is 2. The summed E-state index contributed by atoms with van der Waals surface area (Å²) in [5, 5.41) is 2.70. The Morgan fingerprint density at radius 1 is 1.22 bits per heavy atom. The van der Waals surface area contributed by atoms with Crippen molar-refractivity contribution in [2.75, 3.05) is 11.9 Å². The summed E-state index contributed by atoms with van der Waals surface area (Å²) in [6.07, 6.45) is -0.190. The van der Waals surface area contributed by atoms with Gasteiger partial charge in [0, 0.05) is 23.9 Å². The van der Waals surface area contributed by atoms with E-state index in [2.05, 4.69) is 10.3 Å². The van der Waals surface area contributed by atoms with Crippen molar-refractivity contribution >= 4 is 23.6 Å². The fourth-order valence-electron chi connectivity index (χ4n) is 3.07. The van der Waals surface area contributed by atoms with Crippen molar-refractivity contribution in [2.24, 2.45) is 10.7 Å². The van der Waals surface area contributed by atoms with Crippen LogP contribution < -0.4 is 16.0 Å². The van der Waals surface area contributed by atoms with E-state index in [4.69, 9.17) is 5.73 Å². The lowest BCUT2D eigenvalue weighted by Crippen LogP contribution is -2.53. The standard InChI is InChI=1S/C20H21FN4O2/c1-12(22)20(27)24-19-17(11-26)25(2)16-10-6-4-8-14(16)18(23-19)13-7-3-5-9-15(13)21/h3-12,17,19H,22H2,1-2H3,(H,24,27)/t12-,17?,19?/m0/s1. The second-order valence-electron chi connectivity index (χ2n) is 6.45. The Balaban J connectivity index is 2.21. The summed E-state index contributed by atoms with van der Waals surface area (Å²) in [5.74, 6) is -0.877. The van der Waals surface area contributed by atoms with Gasteiger partial charge >= 0.3 is 0 Å². The predicted molar refractivity (Wildman–Crippen MR) is 102 cm³/mol. The molecule has 1 aliphatic rings. The zero-order valence-corrected chi connectivity index (χ0v) is 15.1. The quantitative estimate of drug-likeness (QED) is 0.800. The maximum absolute atomic E-state index is 14.5. The number of benzene rings is 2. The monoisotopic (exact) mass is 368 g/mol. The van der Waals surface area contributed by atoms with E-state index in [1.165, 1.54) is 6.07 Å². The van der Waals surface area contributed by atoms with Gasteiger partial charge in [0.25, 0.3) is 0 Å². The van der Waals surface area contributed by atoms with Crippen molar-refractivity contribution in [3.05, 3.63) is 65.5 Å². The highest BCUT2D eigenvalue weighted by Crippen LogP contribution is 2.29. The average molecular weight is 368 g/mol. The number of nitrogens with one attached hydrogen (secondary N) is 1. The molecule has 6 nitrogen and oxygen atoms in total. The normalized spacial score (nSPS) is 20.1. The molecule has 3 rings (SSSR count). The number of benzodiazepines with no additional fused rings is 1. The van der Waals surface area contributed by atoms with Crippen LogP contribution in [0.15, 0.2) is 53.5 Å². The van der Waals surface area contributed by atoms with Crippen molar-refractivity contribution in [2.45, 2.75) is 25.2 Å². The molecule has 2 aromatic rings. The highest BCUT2D eigenvalue weighted by atomic mass is 19.1. The molecule has 0 fully saturated rings. The summed E-state index contributed by atoms with van der Waals surface area (Å²) < 4.78 is 14.5. The molecule has 140 valence electrons. The van der Waals surface area contributed by atoms with Gasteiger partial charge < -0.3 is 20.7 Å². The maximum atomic E-state index is 14.5. The number of aldehydes is 1. The van der Waals surface area contributed by atoms with Crippen LogP contribution in [-0.2, 0) is 9.59 Å². The predicted octanol–water partition coefficient (Wildman–Crippen LogP) is 1.47. The summed E-state index contributed by atoms with van der Waals surface area (Å²) in [7, 11) is 1.74. The molecule has 1 heterocycles. The van der Waals surface area contributed by atoms with Crippen LogP contribution >= 0.6 is 0 Å². The van der Waals surface area contributed by atoms with Crippen LogP contribution in [-0.4, -0.2) is 43.2 Å². The first-order valence-corrected chi connectivity index (χ1v) is 8.60. The van der Waals surface area contributed by atoms with E-state index in [9.17, 15) is 14.0 Å². The summed E-state index contributed by atoms with van der Waals surface area (Å²) in [6.45, 7) is 1.54. The minimum absolute atomic E-state index is 0.296. The first-order chi connectivity index (χ1) is 12.9. The lowest BCUT2D eigenvalue weighted by molar-refractivity contribution is -0.122. The number of para-hydroxylation sites is 1. The molecular formula is C20H21FN4O2. The number of halogens is 1. The van der Waals surface area contributed by atoms with E-state index in [0.717, 1.165) is 6.29 Å². The third kappa shape index (κ3) is 3.59. The largest absolute Gasteiger partial charge is 0.361 e. The van der Waals surface area contributed by atoms with Gasteiger partial charge in [0.2, 0.25) is 5.91 Å².